The first-order chi connectivity index (χ1) is 16.9. The summed E-state index contributed by atoms with van der Waals surface area (Å²) >= 11 is 0. The number of anilines is 1. The fraction of sp³-hybridized carbons (Fsp3) is 0.174. The van der Waals surface area contributed by atoms with Gasteiger partial charge in [-0.05, 0) is 47.9 Å². The van der Waals surface area contributed by atoms with Gasteiger partial charge in [-0.2, -0.15) is 31.4 Å². The van der Waals surface area contributed by atoms with Crippen LogP contribution in [0, 0.1) is 0 Å². The molecule has 0 saturated carbocycles. The van der Waals surface area contributed by atoms with Crippen molar-refractivity contribution in [1.82, 2.24) is 19.7 Å². The summed E-state index contributed by atoms with van der Waals surface area (Å²) < 4.78 is 80.2. The summed E-state index contributed by atoms with van der Waals surface area (Å²) in [6, 6.07) is 4.64. The van der Waals surface area contributed by atoms with Crippen LogP contribution in [0.15, 0.2) is 66.7 Å². The molecule has 0 unspecified atom stereocenters. The first kappa shape index (κ1) is 26.3. The molecule has 0 aliphatic rings. The molecule has 0 aliphatic heterocycles. The first-order valence-corrected chi connectivity index (χ1v) is 10.1. The molecular weight excluding hydrogens is 490 g/mol. The highest BCUT2D eigenvalue weighted by atomic mass is 19.4. The summed E-state index contributed by atoms with van der Waals surface area (Å²) in [5.41, 5.74) is -2.30. The number of halogens is 6. The lowest BCUT2D eigenvalue weighted by atomic mass is 10.1. The number of carbonyl (C=O) groups is 1. The third-order valence-corrected chi connectivity index (χ3v) is 4.64. The minimum absolute atomic E-state index is 0.138. The quantitative estimate of drug-likeness (QED) is 0.331. The lowest BCUT2D eigenvalue weighted by Gasteiger charge is -2.09. The molecule has 1 N–H and O–H groups in total. The van der Waals surface area contributed by atoms with E-state index in [0.717, 1.165) is 29.6 Å². The molecule has 0 aliphatic carbocycles. The number of alkyl halides is 6. The van der Waals surface area contributed by atoms with Gasteiger partial charge in [-0.1, -0.05) is 12.7 Å². The van der Waals surface area contributed by atoms with E-state index in [2.05, 4.69) is 32.0 Å². The van der Waals surface area contributed by atoms with Crippen LogP contribution in [0.2, 0.25) is 0 Å². The predicted molar refractivity (Wildman–Crippen MR) is 121 cm³/mol. The van der Waals surface area contributed by atoms with Gasteiger partial charge in [0.15, 0.2) is 5.69 Å². The number of nitrogens with zero attached hydrogens (tertiary/aromatic N) is 5. The molecule has 13 heteroatoms. The maximum atomic E-state index is 13.5. The average Bonchev–Trinajstić information content (AvgIpc) is 3.23. The van der Waals surface area contributed by atoms with Gasteiger partial charge in [-0.3, -0.25) is 19.5 Å². The van der Waals surface area contributed by atoms with Crippen molar-refractivity contribution in [2.24, 2.45) is 4.99 Å². The smallest absolute Gasteiger partial charge is 0.309 e. The molecule has 0 radical (unpaired) electrons. The van der Waals surface area contributed by atoms with Crippen molar-refractivity contribution in [3.05, 3.63) is 78.7 Å². The summed E-state index contributed by atoms with van der Waals surface area (Å²) in [5.74, 6) is -0.606. The van der Waals surface area contributed by atoms with Gasteiger partial charge in [0.1, 0.15) is 18.1 Å². The molecule has 0 atom stereocenters. The molecule has 3 aromatic heterocycles. The van der Waals surface area contributed by atoms with Crippen LogP contribution in [0.5, 0.6) is 0 Å². The normalized spacial score (nSPS) is 12.7. The lowest BCUT2D eigenvalue weighted by Crippen LogP contribution is -2.20. The molecule has 0 fully saturated rings. The summed E-state index contributed by atoms with van der Waals surface area (Å²) in [6.45, 7) is 4.66. The van der Waals surface area contributed by atoms with E-state index in [0.29, 0.717) is 10.7 Å². The number of carbonyl (C=O) groups excluding carboxylic acids is 1. The Balaban J connectivity index is 1.79. The van der Waals surface area contributed by atoms with Gasteiger partial charge in [0.25, 0.3) is 0 Å². The molecule has 1 amide bonds. The highest BCUT2D eigenvalue weighted by Gasteiger charge is 2.39. The van der Waals surface area contributed by atoms with Crippen molar-refractivity contribution in [2.75, 3.05) is 5.32 Å². The zero-order chi connectivity index (χ0) is 26.5. The molecule has 0 bridgehead atoms. The largest absolute Gasteiger partial charge is 0.435 e. The number of hydrogen-bond donors (Lipinski definition) is 1. The van der Waals surface area contributed by atoms with Crippen LogP contribution in [0.3, 0.4) is 0 Å². The number of rotatable bonds is 7. The van der Waals surface area contributed by atoms with Crippen LogP contribution >= 0.6 is 0 Å². The van der Waals surface area contributed by atoms with Crippen LogP contribution in [0.4, 0.5) is 32.2 Å². The van der Waals surface area contributed by atoms with Crippen molar-refractivity contribution in [1.29, 1.82) is 0 Å². The second-order valence-corrected chi connectivity index (χ2v) is 7.34. The maximum Gasteiger partial charge on any atom is 0.435 e. The van der Waals surface area contributed by atoms with E-state index in [4.69, 9.17) is 0 Å². The topological polar surface area (TPSA) is 85.1 Å². The van der Waals surface area contributed by atoms with Crippen molar-refractivity contribution in [2.45, 2.75) is 25.8 Å². The third-order valence-electron chi connectivity index (χ3n) is 4.64. The Labute approximate surface area is 200 Å². The molecule has 3 rings (SSSR count). The van der Waals surface area contributed by atoms with E-state index in [9.17, 15) is 31.1 Å². The summed E-state index contributed by atoms with van der Waals surface area (Å²) in [4.78, 5) is 23.6. The van der Waals surface area contributed by atoms with E-state index in [1.165, 1.54) is 24.6 Å². The average molecular weight is 508 g/mol. The number of allylic oxidation sites excluding steroid dienone is 2. The monoisotopic (exact) mass is 508 g/mol. The molecular formula is C23H18F6N6O. The zero-order valence-corrected chi connectivity index (χ0v) is 18.6. The maximum absolute atomic E-state index is 13.5. The summed E-state index contributed by atoms with van der Waals surface area (Å²) in [5, 5.41) is 5.82. The fourth-order valence-electron chi connectivity index (χ4n) is 3.00. The van der Waals surface area contributed by atoms with Crippen LogP contribution in [0.25, 0.3) is 16.7 Å². The zero-order valence-electron chi connectivity index (χ0n) is 18.6. The Morgan fingerprint density at radius 1 is 1.14 bits per heavy atom. The van der Waals surface area contributed by atoms with E-state index in [1.807, 2.05) is 0 Å². The Hall–Kier alpha value is -4.29. The Morgan fingerprint density at radius 3 is 2.50 bits per heavy atom. The SMILES string of the molecule is C=CC=N/C=C(\C)c1ccc(NC(=O)Cn2cc(-c3ccnc(C(F)(F)F)c3)c(C(F)(F)F)n2)nc1. The van der Waals surface area contributed by atoms with Crippen LogP contribution in [-0.2, 0) is 23.7 Å². The van der Waals surface area contributed by atoms with Gasteiger partial charge >= 0.3 is 12.4 Å². The van der Waals surface area contributed by atoms with Crippen molar-refractivity contribution in [3.8, 4) is 11.1 Å². The fourth-order valence-corrected chi connectivity index (χ4v) is 3.00. The molecule has 0 aromatic carbocycles. The second kappa shape index (κ2) is 10.5. The number of nitrogens with one attached hydrogen (secondary N) is 1. The van der Waals surface area contributed by atoms with Crippen LogP contribution in [-0.4, -0.2) is 31.9 Å². The number of pyridine rings is 2. The molecule has 188 valence electrons. The molecule has 36 heavy (non-hydrogen) atoms. The predicted octanol–water partition coefficient (Wildman–Crippen LogP) is 5.63. The second-order valence-electron chi connectivity index (χ2n) is 7.34. The highest BCUT2D eigenvalue weighted by molar-refractivity contribution is 5.89. The van der Waals surface area contributed by atoms with Crippen LogP contribution in [0.1, 0.15) is 23.9 Å². The van der Waals surface area contributed by atoms with E-state index in [-0.39, 0.29) is 5.82 Å². The molecule has 7 nitrogen and oxygen atoms in total. The lowest BCUT2D eigenvalue weighted by molar-refractivity contribution is -0.141. The standard InChI is InChI=1S/C23H18F6N6O/c1-3-7-30-10-14(2)16-4-5-19(32-11-16)33-20(36)13-35-12-17(21(34-35)23(27,28)29)15-6-8-31-18(9-15)22(24,25)26/h3-12H,1,13H2,2H3,(H,32,33,36)/b14-10+,30-7?. The minimum atomic E-state index is -4.97. The van der Waals surface area contributed by atoms with Gasteiger partial charge in [0.05, 0.1) is 0 Å². The van der Waals surface area contributed by atoms with E-state index in [1.54, 1.807) is 19.2 Å². The number of amides is 1. The van der Waals surface area contributed by atoms with Gasteiger partial charge in [-0.25, -0.2) is 4.98 Å². The minimum Gasteiger partial charge on any atom is -0.309 e. The van der Waals surface area contributed by atoms with E-state index < -0.39 is 47.3 Å². The molecule has 0 spiro atoms. The van der Waals surface area contributed by atoms with Crippen molar-refractivity contribution >= 4 is 23.5 Å². The van der Waals surface area contributed by atoms with Crippen molar-refractivity contribution < 1.29 is 31.1 Å². The third kappa shape index (κ3) is 6.64. The number of hydrogen-bond acceptors (Lipinski definition) is 5. The molecule has 3 aromatic rings. The van der Waals surface area contributed by atoms with Gasteiger partial charge in [0, 0.05) is 36.6 Å². The number of aromatic nitrogens is 4. The van der Waals surface area contributed by atoms with E-state index >= 15 is 0 Å². The van der Waals surface area contributed by atoms with Gasteiger partial charge in [-0.15, -0.1) is 0 Å². The number of aliphatic imine (C=N–C) groups is 1. The highest BCUT2D eigenvalue weighted by Crippen LogP contribution is 2.37. The van der Waals surface area contributed by atoms with Crippen LogP contribution < -0.4 is 5.32 Å². The van der Waals surface area contributed by atoms with Gasteiger partial charge in [0.2, 0.25) is 5.91 Å². The Bertz CT molecular complexity index is 1310. The summed E-state index contributed by atoms with van der Waals surface area (Å²) in [7, 11) is 0. The Kier molecular flexibility index (Phi) is 7.71. The summed E-state index contributed by atoms with van der Waals surface area (Å²) in [6.07, 6.45) is -2.15. The van der Waals surface area contributed by atoms with Gasteiger partial charge < -0.3 is 5.32 Å². The molecule has 3 heterocycles. The molecule has 0 saturated heterocycles. The van der Waals surface area contributed by atoms with Crippen molar-refractivity contribution in [3.63, 3.8) is 0 Å². The first-order valence-electron chi connectivity index (χ1n) is 10.1. The Morgan fingerprint density at radius 2 is 1.89 bits per heavy atom.